The average molecular weight is 475 g/mol. The highest BCUT2D eigenvalue weighted by Gasteiger charge is 2.49. The number of aromatic nitrogens is 2. The van der Waals surface area contributed by atoms with E-state index < -0.39 is 5.54 Å². The van der Waals surface area contributed by atoms with Crippen LogP contribution in [-0.2, 0) is 17.9 Å². The summed E-state index contributed by atoms with van der Waals surface area (Å²) in [4.78, 5) is 34.2. The van der Waals surface area contributed by atoms with Gasteiger partial charge in [0.05, 0.1) is 24.7 Å². The summed E-state index contributed by atoms with van der Waals surface area (Å²) in [5.41, 5.74) is 1.46. The molecule has 3 aromatic rings. The Hall–Kier alpha value is -3.35. The number of imidazole rings is 1. The Morgan fingerprint density at radius 2 is 1.97 bits per heavy atom. The molecule has 2 heterocycles. The summed E-state index contributed by atoms with van der Waals surface area (Å²) in [7, 11) is 1.62. The molecule has 0 spiro atoms. The summed E-state index contributed by atoms with van der Waals surface area (Å²) >= 11 is 0. The van der Waals surface area contributed by atoms with Gasteiger partial charge in [0.15, 0.2) is 5.82 Å². The van der Waals surface area contributed by atoms with Crippen LogP contribution < -0.4 is 10.1 Å². The lowest BCUT2D eigenvalue weighted by Gasteiger charge is -2.45. The Morgan fingerprint density at radius 1 is 1.17 bits per heavy atom. The lowest BCUT2D eigenvalue weighted by Crippen LogP contribution is -2.65. The average Bonchev–Trinajstić information content (AvgIpc) is 3.23. The van der Waals surface area contributed by atoms with E-state index in [9.17, 15) is 9.59 Å². The molecule has 4 atom stereocenters. The molecule has 1 aliphatic heterocycles. The van der Waals surface area contributed by atoms with Crippen LogP contribution in [0.3, 0.4) is 0 Å². The molecule has 1 fully saturated rings. The second-order valence-electron chi connectivity index (χ2n) is 10.4. The third-order valence-electron chi connectivity index (χ3n) is 8.14. The maximum Gasteiger partial charge on any atom is 0.291 e. The van der Waals surface area contributed by atoms with E-state index in [1.54, 1.807) is 12.0 Å². The van der Waals surface area contributed by atoms with Gasteiger partial charge in [-0.15, -0.1) is 0 Å². The Labute approximate surface area is 206 Å². The molecular formula is C28H34N4O3. The van der Waals surface area contributed by atoms with Gasteiger partial charge in [-0.3, -0.25) is 9.59 Å². The molecule has 1 aliphatic carbocycles. The van der Waals surface area contributed by atoms with Gasteiger partial charge in [-0.25, -0.2) is 4.98 Å². The zero-order valence-electron chi connectivity index (χ0n) is 21.0. The zero-order valence-corrected chi connectivity index (χ0v) is 21.0. The molecule has 2 aromatic carbocycles. The molecule has 2 aliphatic rings. The minimum absolute atomic E-state index is 0.108. The highest BCUT2D eigenvalue weighted by Crippen LogP contribution is 2.34. The van der Waals surface area contributed by atoms with Crippen LogP contribution in [0.2, 0.25) is 0 Å². The van der Waals surface area contributed by atoms with Gasteiger partial charge in [0.2, 0.25) is 5.91 Å². The molecule has 7 heteroatoms. The van der Waals surface area contributed by atoms with Gasteiger partial charge in [0, 0.05) is 12.6 Å². The normalized spacial score (nSPS) is 26.5. The second-order valence-corrected chi connectivity index (χ2v) is 10.4. The van der Waals surface area contributed by atoms with Gasteiger partial charge in [-0.05, 0) is 55.0 Å². The number of para-hydroxylation sites is 2. The lowest BCUT2D eigenvalue weighted by atomic mass is 9.77. The van der Waals surface area contributed by atoms with Crippen molar-refractivity contribution < 1.29 is 14.3 Å². The first-order valence-electron chi connectivity index (χ1n) is 12.5. The van der Waals surface area contributed by atoms with Crippen molar-refractivity contribution in [1.29, 1.82) is 0 Å². The van der Waals surface area contributed by atoms with Crippen LogP contribution in [0.1, 0.15) is 56.2 Å². The number of carbonyl (C=O) groups is 2. The molecule has 0 saturated heterocycles. The third-order valence-corrected chi connectivity index (χ3v) is 8.14. The standard InChI is InChI=1S/C28H34N4O3/c1-18-9-7-13-22(19(18)2)30-27(34)28(3)17-31-24-14-6-5-12-23(24)29-25(31)26(33)32(28)16-20-10-8-11-21(15-20)35-4/h5-6,8,10-12,14-15,18-19,22H,7,9,13,16-17H2,1-4H3,(H,30,34). The number of ether oxygens (including phenoxy) is 1. The molecule has 0 bridgehead atoms. The number of nitrogens with one attached hydrogen (secondary N) is 1. The van der Waals surface area contributed by atoms with Crippen molar-refractivity contribution >= 4 is 22.8 Å². The SMILES string of the molecule is COc1cccc(CN2C(=O)c3nc4ccccc4n3CC2(C)C(=O)NC2CCCC(C)C2C)c1. The Morgan fingerprint density at radius 3 is 2.77 bits per heavy atom. The molecule has 184 valence electrons. The summed E-state index contributed by atoms with van der Waals surface area (Å²) in [6, 6.07) is 15.5. The first-order valence-corrected chi connectivity index (χ1v) is 12.5. The summed E-state index contributed by atoms with van der Waals surface area (Å²) in [5, 5.41) is 3.35. The van der Waals surface area contributed by atoms with Crippen LogP contribution in [0.5, 0.6) is 5.75 Å². The van der Waals surface area contributed by atoms with E-state index in [-0.39, 0.29) is 17.9 Å². The molecule has 1 N–H and O–H groups in total. The predicted octanol–water partition coefficient (Wildman–Crippen LogP) is 4.40. The van der Waals surface area contributed by atoms with E-state index in [2.05, 4.69) is 24.1 Å². The summed E-state index contributed by atoms with van der Waals surface area (Å²) in [6.07, 6.45) is 3.27. The molecule has 35 heavy (non-hydrogen) atoms. The molecular weight excluding hydrogens is 440 g/mol. The minimum Gasteiger partial charge on any atom is -0.497 e. The Bertz CT molecular complexity index is 1270. The molecule has 4 unspecified atom stereocenters. The number of nitrogens with zero attached hydrogens (tertiary/aromatic N) is 3. The van der Waals surface area contributed by atoms with Crippen LogP contribution in [0.15, 0.2) is 48.5 Å². The Kier molecular flexibility index (Phi) is 6.03. The van der Waals surface area contributed by atoms with Crippen molar-refractivity contribution in [2.75, 3.05) is 7.11 Å². The van der Waals surface area contributed by atoms with Crippen molar-refractivity contribution in [3.8, 4) is 5.75 Å². The van der Waals surface area contributed by atoms with E-state index in [0.29, 0.717) is 30.7 Å². The van der Waals surface area contributed by atoms with E-state index in [1.165, 1.54) is 6.42 Å². The van der Waals surface area contributed by atoms with Gasteiger partial charge in [-0.1, -0.05) is 51.0 Å². The third kappa shape index (κ3) is 4.07. The summed E-state index contributed by atoms with van der Waals surface area (Å²) in [5.74, 6) is 1.70. The predicted molar refractivity (Wildman–Crippen MR) is 135 cm³/mol. The number of carbonyl (C=O) groups excluding carboxylic acids is 2. The van der Waals surface area contributed by atoms with Crippen LogP contribution in [-0.4, -0.2) is 45.0 Å². The fraction of sp³-hybridized carbons (Fsp3) is 0.464. The topological polar surface area (TPSA) is 76.5 Å². The Balaban J connectivity index is 1.54. The number of fused-ring (bicyclic) bond motifs is 3. The van der Waals surface area contributed by atoms with Crippen molar-refractivity contribution in [3.05, 3.63) is 59.9 Å². The second kappa shape index (κ2) is 9.02. The van der Waals surface area contributed by atoms with Gasteiger partial charge < -0.3 is 19.5 Å². The fourth-order valence-electron chi connectivity index (χ4n) is 5.64. The first kappa shape index (κ1) is 23.4. The fourth-order valence-corrected chi connectivity index (χ4v) is 5.64. The maximum absolute atomic E-state index is 14.0. The van der Waals surface area contributed by atoms with Crippen molar-refractivity contribution in [2.45, 2.75) is 64.7 Å². The largest absolute Gasteiger partial charge is 0.497 e. The summed E-state index contributed by atoms with van der Waals surface area (Å²) < 4.78 is 7.30. The number of rotatable bonds is 5. The van der Waals surface area contributed by atoms with Crippen LogP contribution in [0, 0.1) is 11.8 Å². The van der Waals surface area contributed by atoms with E-state index >= 15 is 0 Å². The van der Waals surface area contributed by atoms with Gasteiger partial charge in [0.1, 0.15) is 11.3 Å². The highest BCUT2D eigenvalue weighted by molar-refractivity contribution is 6.01. The van der Waals surface area contributed by atoms with Crippen molar-refractivity contribution in [2.24, 2.45) is 11.8 Å². The monoisotopic (exact) mass is 474 g/mol. The maximum atomic E-state index is 14.0. The molecule has 1 saturated carbocycles. The number of amides is 2. The number of methoxy groups -OCH3 is 1. The quantitative estimate of drug-likeness (QED) is 0.595. The highest BCUT2D eigenvalue weighted by atomic mass is 16.5. The summed E-state index contributed by atoms with van der Waals surface area (Å²) in [6.45, 7) is 7.00. The number of hydrogen-bond donors (Lipinski definition) is 1. The minimum atomic E-state index is -1.07. The smallest absolute Gasteiger partial charge is 0.291 e. The van der Waals surface area contributed by atoms with E-state index in [4.69, 9.17) is 4.74 Å². The number of benzene rings is 2. The van der Waals surface area contributed by atoms with Crippen LogP contribution in [0.25, 0.3) is 11.0 Å². The first-order chi connectivity index (χ1) is 16.8. The van der Waals surface area contributed by atoms with Crippen LogP contribution in [0.4, 0.5) is 0 Å². The van der Waals surface area contributed by atoms with Crippen molar-refractivity contribution in [3.63, 3.8) is 0 Å². The molecule has 1 aromatic heterocycles. The van der Waals surface area contributed by atoms with Gasteiger partial charge in [-0.2, -0.15) is 0 Å². The molecule has 5 rings (SSSR count). The molecule has 0 radical (unpaired) electrons. The van der Waals surface area contributed by atoms with Crippen LogP contribution >= 0.6 is 0 Å². The molecule has 7 nitrogen and oxygen atoms in total. The van der Waals surface area contributed by atoms with Crippen molar-refractivity contribution in [1.82, 2.24) is 19.8 Å². The van der Waals surface area contributed by atoms with E-state index in [0.717, 1.165) is 35.2 Å². The lowest BCUT2D eigenvalue weighted by molar-refractivity contribution is -0.134. The zero-order chi connectivity index (χ0) is 24.7. The van der Waals surface area contributed by atoms with Gasteiger partial charge >= 0.3 is 0 Å². The molecule has 2 amide bonds. The number of hydrogen-bond acceptors (Lipinski definition) is 4. The van der Waals surface area contributed by atoms with Gasteiger partial charge in [0.25, 0.3) is 5.91 Å². The van der Waals surface area contributed by atoms with E-state index in [1.807, 2.05) is 60.0 Å².